The predicted octanol–water partition coefficient (Wildman–Crippen LogP) is 3.26. The lowest BCUT2D eigenvalue weighted by Gasteiger charge is -2.31. The Hall–Kier alpha value is -0.780. The topological polar surface area (TPSA) is 40.5 Å². The number of hydrogen-bond donors (Lipinski definition) is 1. The van der Waals surface area contributed by atoms with Crippen LogP contribution in [0.15, 0.2) is 18.2 Å². The molecule has 1 amide bonds. The molecule has 1 aliphatic rings. The maximum absolute atomic E-state index is 12.3. The molecule has 0 aliphatic carbocycles. The van der Waals surface area contributed by atoms with E-state index in [1.165, 1.54) is 6.42 Å². The normalized spacial score (nSPS) is 16.9. The Balaban J connectivity index is 2.10. The van der Waals surface area contributed by atoms with Crippen LogP contribution in [-0.4, -0.2) is 29.0 Å². The average Bonchev–Trinajstić information content (AvgIpc) is 2.41. The molecule has 1 aromatic carbocycles. The Morgan fingerprint density at radius 1 is 1.44 bits per heavy atom. The van der Waals surface area contributed by atoms with E-state index in [2.05, 4.69) is 29.5 Å². The zero-order valence-electron chi connectivity index (χ0n) is 10.5. The molecule has 4 heteroatoms. The number of benzene rings is 1. The Labute approximate surface area is 121 Å². The molecule has 1 fully saturated rings. The first-order valence-corrected chi connectivity index (χ1v) is 7.47. The Morgan fingerprint density at radius 2 is 2.11 bits per heavy atom. The molecule has 0 aromatic heterocycles. The molecular formula is C14H18INO2. The molecule has 0 spiro atoms. The van der Waals surface area contributed by atoms with Gasteiger partial charge in [-0.1, -0.05) is 13.3 Å². The monoisotopic (exact) mass is 359 g/mol. The summed E-state index contributed by atoms with van der Waals surface area (Å²) in [6.07, 6.45) is 3.34. The third kappa shape index (κ3) is 2.96. The lowest BCUT2D eigenvalue weighted by molar-refractivity contribution is 0.0685. The van der Waals surface area contributed by atoms with Gasteiger partial charge in [-0.25, -0.2) is 0 Å². The minimum atomic E-state index is -0.0411. The van der Waals surface area contributed by atoms with Crippen LogP contribution in [-0.2, 0) is 0 Å². The number of carbonyl (C=O) groups excluding carboxylic acids is 1. The van der Waals surface area contributed by atoms with Gasteiger partial charge in [0, 0.05) is 16.7 Å². The lowest BCUT2D eigenvalue weighted by atomic mass is 9.94. The molecule has 2 rings (SSSR count). The number of hydrogen-bond acceptors (Lipinski definition) is 2. The molecule has 1 heterocycles. The number of piperidine rings is 1. The number of carbonyl (C=O) groups is 1. The summed E-state index contributed by atoms with van der Waals surface area (Å²) in [7, 11) is 0. The van der Waals surface area contributed by atoms with E-state index in [4.69, 9.17) is 0 Å². The molecule has 3 nitrogen and oxygen atoms in total. The van der Waals surface area contributed by atoms with E-state index in [0.29, 0.717) is 5.56 Å². The van der Waals surface area contributed by atoms with E-state index in [1.807, 2.05) is 4.90 Å². The number of likely N-dealkylation sites (tertiary alicyclic amines) is 1. The van der Waals surface area contributed by atoms with Gasteiger partial charge in [-0.2, -0.15) is 0 Å². The molecule has 98 valence electrons. The van der Waals surface area contributed by atoms with Crippen LogP contribution in [0.5, 0.6) is 5.75 Å². The zero-order valence-corrected chi connectivity index (χ0v) is 12.7. The third-order valence-corrected chi connectivity index (χ3v) is 4.34. The van der Waals surface area contributed by atoms with Crippen LogP contribution >= 0.6 is 22.6 Å². The molecule has 0 unspecified atom stereocenters. The number of amides is 1. The predicted molar refractivity (Wildman–Crippen MR) is 79.7 cm³/mol. The summed E-state index contributed by atoms with van der Waals surface area (Å²) in [6, 6.07) is 5.15. The molecule has 1 N–H and O–H groups in total. The Morgan fingerprint density at radius 3 is 2.72 bits per heavy atom. The Bertz CT molecular complexity index is 439. The van der Waals surface area contributed by atoms with Crippen LogP contribution in [0.2, 0.25) is 0 Å². The summed E-state index contributed by atoms with van der Waals surface area (Å²) in [6.45, 7) is 3.82. The molecular weight excluding hydrogens is 341 g/mol. The number of phenols is 1. The van der Waals surface area contributed by atoms with Crippen LogP contribution in [0.1, 0.15) is 36.5 Å². The van der Waals surface area contributed by atoms with Gasteiger partial charge in [-0.15, -0.1) is 0 Å². The highest BCUT2D eigenvalue weighted by Crippen LogP contribution is 2.25. The van der Waals surface area contributed by atoms with E-state index < -0.39 is 0 Å². The van der Waals surface area contributed by atoms with Gasteiger partial charge in [-0.3, -0.25) is 4.79 Å². The summed E-state index contributed by atoms with van der Waals surface area (Å²) in [5, 5.41) is 9.78. The molecule has 1 saturated heterocycles. The summed E-state index contributed by atoms with van der Waals surface area (Å²) < 4.78 is 0.970. The quantitative estimate of drug-likeness (QED) is 0.824. The minimum absolute atomic E-state index is 0.0411. The van der Waals surface area contributed by atoms with Gasteiger partial charge < -0.3 is 10.0 Å². The maximum atomic E-state index is 12.3. The number of phenolic OH excluding ortho intramolecular Hbond substituents is 1. The second-order valence-corrected chi connectivity index (χ2v) is 6.05. The smallest absolute Gasteiger partial charge is 0.257 e. The van der Waals surface area contributed by atoms with Crippen molar-refractivity contribution in [3.05, 3.63) is 27.3 Å². The van der Waals surface area contributed by atoms with Crippen molar-refractivity contribution in [3.63, 3.8) is 0 Å². The summed E-state index contributed by atoms with van der Waals surface area (Å²) in [5.41, 5.74) is 0.428. The van der Waals surface area contributed by atoms with Crippen molar-refractivity contribution in [3.8, 4) is 5.75 Å². The number of rotatable bonds is 2. The average molecular weight is 359 g/mol. The fourth-order valence-corrected chi connectivity index (χ4v) is 2.89. The fourth-order valence-electron chi connectivity index (χ4n) is 2.39. The van der Waals surface area contributed by atoms with Gasteiger partial charge in [-0.05, 0) is 59.5 Å². The van der Waals surface area contributed by atoms with Crippen LogP contribution in [0.4, 0.5) is 0 Å². The first-order valence-electron chi connectivity index (χ1n) is 6.39. The van der Waals surface area contributed by atoms with Crippen molar-refractivity contribution in [2.75, 3.05) is 13.1 Å². The van der Waals surface area contributed by atoms with E-state index in [0.717, 1.165) is 35.4 Å². The second-order valence-electron chi connectivity index (χ2n) is 4.81. The van der Waals surface area contributed by atoms with Crippen molar-refractivity contribution in [1.29, 1.82) is 0 Å². The second kappa shape index (κ2) is 5.91. The largest absolute Gasteiger partial charge is 0.507 e. The van der Waals surface area contributed by atoms with Gasteiger partial charge in [0.15, 0.2) is 0 Å². The fraction of sp³-hybridized carbons (Fsp3) is 0.500. The first kappa shape index (κ1) is 13.6. The number of aromatic hydroxyl groups is 1. The summed E-state index contributed by atoms with van der Waals surface area (Å²) in [5.74, 6) is 0.789. The summed E-state index contributed by atoms with van der Waals surface area (Å²) >= 11 is 2.15. The lowest BCUT2D eigenvalue weighted by Crippen LogP contribution is -2.38. The van der Waals surface area contributed by atoms with E-state index in [9.17, 15) is 9.90 Å². The Kier molecular flexibility index (Phi) is 4.48. The van der Waals surface area contributed by atoms with Crippen LogP contribution in [0.25, 0.3) is 0 Å². The number of halogens is 1. The van der Waals surface area contributed by atoms with Gasteiger partial charge in [0.1, 0.15) is 5.75 Å². The zero-order chi connectivity index (χ0) is 13.1. The van der Waals surface area contributed by atoms with Crippen molar-refractivity contribution >= 4 is 28.5 Å². The molecule has 18 heavy (non-hydrogen) atoms. The van der Waals surface area contributed by atoms with Gasteiger partial charge in [0.25, 0.3) is 5.91 Å². The highest BCUT2D eigenvalue weighted by atomic mass is 127. The minimum Gasteiger partial charge on any atom is -0.507 e. The standard InChI is InChI=1S/C14H18INO2/c1-2-10-5-7-16(8-6-10)14(18)12-9-11(15)3-4-13(12)17/h3-4,9-10,17H,2,5-8H2,1H3. The van der Waals surface area contributed by atoms with Crippen LogP contribution in [0, 0.1) is 9.49 Å². The molecule has 0 saturated carbocycles. The molecule has 0 bridgehead atoms. The van der Waals surface area contributed by atoms with E-state index in [-0.39, 0.29) is 11.7 Å². The highest BCUT2D eigenvalue weighted by Gasteiger charge is 2.24. The van der Waals surface area contributed by atoms with Crippen molar-refractivity contribution in [2.45, 2.75) is 26.2 Å². The van der Waals surface area contributed by atoms with E-state index in [1.54, 1.807) is 18.2 Å². The van der Waals surface area contributed by atoms with Gasteiger partial charge in [0.05, 0.1) is 5.56 Å². The maximum Gasteiger partial charge on any atom is 0.257 e. The molecule has 0 radical (unpaired) electrons. The first-order chi connectivity index (χ1) is 8.61. The molecule has 0 atom stereocenters. The van der Waals surface area contributed by atoms with Crippen molar-refractivity contribution < 1.29 is 9.90 Å². The SMILES string of the molecule is CCC1CCN(C(=O)c2cc(I)ccc2O)CC1. The molecule has 1 aliphatic heterocycles. The van der Waals surface area contributed by atoms with Crippen LogP contribution in [0.3, 0.4) is 0 Å². The van der Waals surface area contributed by atoms with Crippen LogP contribution < -0.4 is 0 Å². The highest BCUT2D eigenvalue weighted by molar-refractivity contribution is 14.1. The van der Waals surface area contributed by atoms with Gasteiger partial charge in [0.2, 0.25) is 0 Å². The number of nitrogens with zero attached hydrogens (tertiary/aromatic N) is 1. The summed E-state index contributed by atoms with van der Waals surface area (Å²) in [4.78, 5) is 14.2. The van der Waals surface area contributed by atoms with Crippen molar-refractivity contribution in [2.24, 2.45) is 5.92 Å². The van der Waals surface area contributed by atoms with Crippen molar-refractivity contribution in [1.82, 2.24) is 4.90 Å². The molecule has 1 aromatic rings. The van der Waals surface area contributed by atoms with E-state index >= 15 is 0 Å². The van der Waals surface area contributed by atoms with Gasteiger partial charge >= 0.3 is 0 Å². The third-order valence-electron chi connectivity index (χ3n) is 3.67.